The van der Waals surface area contributed by atoms with Gasteiger partial charge < -0.3 is 15.5 Å². The van der Waals surface area contributed by atoms with Crippen LogP contribution in [-0.2, 0) is 4.79 Å². The number of rotatable bonds is 3. The second-order valence-corrected chi connectivity index (χ2v) is 5.48. The van der Waals surface area contributed by atoms with Gasteiger partial charge in [-0.05, 0) is 49.6 Å². The van der Waals surface area contributed by atoms with Gasteiger partial charge in [0, 0.05) is 25.5 Å². The second-order valence-electron chi connectivity index (χ2n) is 5.48. The molecule has 1 aliphatic heterocycles. The first-order chi connectivity index (χ1) is 9.08. The van der Waals surface area contributed by atoms with Crippen LogP contribution >= 0.6 is 0 Å². The van der Waals surface area contributed by atoms with Gasteiger partial charge in [-0.15, -0.1) is 0 Å². The summed E-state index contributed by atoms with van der Waals surface area (Å²) in [6.07, 6.45) is 2.27. The lowest BCUT2D eigenvalue weighted by Crippen LogP contribution is -2.48. The minimum Gasteiger partial charge on any atom is -0.378 e. The lowest BCUT2D eigenvalue weighted by Gasteiger charge is -2.29. The summed E-state index contributed by atoms with van der Waals surface area (Å²) in [4.78, 5) is 14.3. The van der Waals surface area contributed by atoms with Crippen LogP contribution in [0.1, 0.15) is 19.8 Å². The van der Waals surface area contributed by atoms with E-state index in [0.717, 1.165) is 30.8 Å². The zero-order valence-electron chi connectivity index (χ0n) is 11.9. The van der Waals surface area contributed by atoms with E-state index in [4.69, 9.17) is 0 Å². The highest BCUT2D eigenvalue weighted by Gasteiger charge is 2.27. The Bertz CT molecular complexity index is 428. The number of nitrogens with one attached hydrogen (secondary N) is 2. The molecule has 1 fully saturated rings. The number of nitrogens with zero attached hydrogens (tertiary/aromatic N) is 1. The summed E-state index contributed by atoms with van der Waals surface area (Å²) in [5.41, 5.74) is 1.98. The smallest absolute Gasteiger partial charge is 0.241 e. The van der Waals surface area contributed by atoms with Crippen molar-refractivity contribution in [3.05, 3.63) is 24.3 Å². The molecule has 1 aromatic rings. The molecule has 19 heavy (non-hydrogen) atoms. The molecule has 4 nitrogen and oxygen atoms in total. The van der Waals surface area contributed by atoms with Gasteiger partial charge in [-0.25, -0.2) is 0 Å². The van der Waals surface area contributed by atoms with Crippen LogP contribution < -0.4 is 15.5 Å². The highest BCUT2D eigenvalue weighted by molar-refractivity contribution is 5.95. The van der Waals surface area contributed by atoms with Gasteiger partial charge in [-0.3, -0.25) is 4.79 Å². The number of piperidine rings is 1. The molecular formula is C15H23N3O. The summed E-state index contributed by atoms with van der Waals surface area (Å²) in [6.45, 7) is 3.06. The highest BCUT2D eigenvalue weighted by atomic mass is 16.2. The van der Waals surface area contributed by atoms with Gasteiger partial charge in [0.2, 0.25) is 5.91 Å². The van der Waals surface area contributed by atoms with E-state index in [9.17, 15) is 4.79 Å². The Morgan fingerprint density at radius 1 is 1.32 bits per heavy atom. The van der Waals surface area contributed by atoms with E-state index in [1.807, 2.05) is 43.3 Å². The molecule has 2 unspecified atom stereocenters. The summed E-state index contributed by atoms with van der Waals surface area (Å²) >= 11 is 0. The standard InChI is InChI=1S/C15H23N3O/c1-11-5-4-10-16-14(11)15(19)17-12-6-8-13(9-7-12)18(2)3/h6-9,11,14,16H,4-5,10H2,1-3H3,(H,17,19). The number of anilines is 2. The van der Waals surface area contributed by atoms with Crippen molar-refractivity contribution in [1.29, 1.82) is 0 Å². The van der Waals surface area contributed by atoms with E-state index in [1.54, 1.807) is 0 Å². The molecule has 0 saturated carbocycles. The maximum Gasteiger partial charge on any atom is 0.241 e. The zero-order valence-corrected chi connectivity index (χ0v) is 11.9. The molecule has 1 saturated heterocycles. The van der Waals surface area contributed by atoms with Crippen LogP contribution in [0.5, 0.6) is 0 Å². The SMILES string of the molecule is CC1CCCNC1C(=O)Nc1ccc(N(C)C)cc1. The molecule has 2 rings (SSSR count). The minimum atomic E-state index is -0.0673. The van der Waals surface area contributed by atoms with Crippen molar-refractivity contribution >= 4 is 17.3 Å². The molecule has 1 heterocycles. The molecule has 1 amide bonds. The highest BCUT2D eigenvalue weighted by Crippen LogP contribution is 2.19. The van der Waals surface area contributed by atoms with Crippen molar-refractivity contribution in [3.63, 3.8) is 0 Å². The summed E-state index contributed by atoms with van der Waals surface area (Å²) in [7, 11) is 4.00. The second kappa shape index (κ2) is 6.06. The third kappa shape index (κ3) is 3.47. The van der Waals surface area contributed by atoms with Crippen LogP contribution in [0, 0.1) is 5.92 Å². The molecule has 1 aromatic carbocycles. The summed E-state index contributed by atoms with van der Waals surface area (Å²) < 4.78 is 0. The van der Waals surface area contributed by atoms with E-state index in [-0.39, 0.29) is 11.9 Å². The number of carbonyl (C=O) groups excluding carboxylic acids is 1. The van der Waals surface area contributed by atoms with Crippen LogP contribution in [0.4, 0.5) is 11.4 Å². The van der Waals surface area contributed by atoms with Crippen LogP contribution in [0.15, 0.2) is 24.3 Å². The first-order valence-corrected chi connectivity index (χ1v) is 6.89. The fourth-order valence-corrected chi connectivity index (χ4v) is 2.46. The van der Waals surface area contributed by atoms with Crippen molar-refractivity contribution in [2.75, 3.05) is 30.9 Å². The largest absolute Gasteiger partial charge is 0.378 e. The summed E-state index contributed by atoms with van der Waals surface area (Å²) in [5.74, 6) is 0.472. The molecule has 2 N–H and O–H groups in total. The number of benzene rings is 1. The fraction of sp³-hybridized carbons (Fsp3) is 0.533. The van der Waals surface area contributed by atoms with Crippen LogP contribution in [-0.4, -0.2) is 32.6 Å². The fourth-order valence-electron chi connectivity index (χ4n) is 2.46. The first kappa shape index (κ1) is 13.9. The molecule has 0 radical (unpaired) electrons. The Hall–Kier alpha value is -1.55. The van der Waals surface area contributed by atoms with Gasteiger partial charge >= 0.3 is 0 Å². The number of amides is 1. The maximum atomic E-state index is 12.2. The van der Waals surface area contributed by atoms with E-state index in [1.165, 1.54) is 0 Å². The Labute approximate surface area is 115 Å². The van der Waals surface area contributed by atoms with Gasteiger partial charge in [-0.1, -0.05) is 6.92 Å². The van der Waals surface area contributed by atoms with Crippen LogP contribution in [0.25, 0.3) is 0 Å². The zero-order chi connectivity index (χ0) is 13.8. The molecule has 0 aliphatic carbocycles. The number of hydrogen-bond donors (Lipinski definition) is 2. The lowest BCUT2D eigenvalue weighted by atomic mass is 9.92. The minimum absolute atomic E-state index is 0.0673. The Kier molecular flexibility index (Phi) is 4.43. The topological polar surface area (TPSA) is 44.4 Å². The average molecular weight is 261 g/mol. The van der Waals surface area contributed by atoms with Crippen LogP contribution in [0.2, 0.25) is 0 Å². The van der Waals surface area contributed by atoms with Gasteiger partial charge in [0.1, 0.15) is 0 Å². The maximum absolute atomic E-state index is 12.2. The Balaban J connectivity index is 1.98. The molecular weight excluding hydrogens is 238 g/mol. The molecule has 2 atom stereocenters. The average Bonchev–Trinajstić information content (AvgIpc) is 2.39. The van der Waals surface area contributed by atoms with Crippen molar-refractivity contribution in [1.82, 2.24) is 5.32 Å². The van der Waals surface area contributed by atoms with Crippen LogP contribution in [0.3, 0.4) is 0 Å². The van der Waals surface area contributed by atoms with Gasteiger partial charge in [0.15, 0.2) is 0 Å². The predicted molar refractivity (Wildman–Crippen MR) is 79.6 cm³/mol. The van der Waals surface area contributed by atoms with E-state index in [0.29, 0.717) is 5.92 Å². The monoisotopic (exact) mass is 261 g/mol. The molecule has 0 spiro atoms. The predicted octanol–water partition coefficient (Wildman–Crippen LogP) is 2.08. The molecule has 0 bridgehead atoms. The first-order valence-electron chi connectivity index (χ1n) is 6.89. The van der Waals surface area contributed by atoms with E-state index in [2.05, 4.69) is 17.6 Å². The van der Waals surface area contributed by atoms with Gasteiger partial charge in [0.25, 0.3) is 0 Å². The third-order valence-corrected chi connectivity index (χ3v) is 3.70. The quantitative estimate of drug-likeness (QED) is 0.875. The molecule has 4 heteroatoms. The van der Waals surface area contributed by atoms with Crippen molar-refractivity contribution in [2.24, 2.45) is 5.92 Å². The van der Waals surface area contributed by atoms with Crippen molar-refractivity contribution in [2.45, 2.75) is 25.8 Å². The van der Waals surface area contributed by atoms with E-state index >= 15 is 0 Å². The van der Waals surface area contributed by atoms with Crippen molar-refractivity contribution in [3.8, 4) is 0 Å². The van der Waals surface area contributed by atoms with Gasteiger partial charge in [0.05, 0.1) is 6.04 Å². The lowest BCUT2D eigenvalue weighted by molar-refractivity contribution is -0.119. The number of hydrogen-bond acceptors (Lipinski definition) is 3. The third-order valence-electron chi connectivity index (χ3n) is 3.70. The normalized spacial score (nSPS) is 22.9. The van der Waals surface area contributed by atoms with Gasteiger partial charge in [-0.2, -0.15) is 0 Å². The Morgan fingerprint density at radius 3 is 2.58 bits per heavy atom. The Morgan fingerprint density at radius 2 is 2.00 bits per heavy atom. The summed E-state index contributed by atoms with van der Waals surface area (Å²) in [5, 5.41) is 6.29. The molecule has 104 valence electrons. The number of carbonyl (C=O) groups is 1. The van der Waals surface area contributed by atoms with Crippen molar-refractivity contribution < 1.29 is 4.79 Å². The summed E-state index contributed by atoms with van der Waals surface area (Å²) in [6, 6.07) is 7.84. The van der Waals surface area contributed by atoms with E-state index < -0.39 is 0 Å². The molecule has 0 aromatic heterocycles. The molecule has 1 aliphatic rings.